The minimum atomic E-state index is -1.07. The highest BCUT2D eigenvalue weighted by atomic mass is 19.1. The molecule has 1 N–H and O–H groups in total. The zero-order chi connectivity index (χ0) is 22.3. The summed E-state index contributed by atoms with van der Waals surface area (Å²) < 4.78 is 26.8. The average molecular weight is 433 g/mol. The molecule has 1 atom stereocenters. The number of benzene rings is 1. The number of amidine groups is 1. The number of aliphatic imine (C=N–C) groups is 2. The fraction of sp³-hybridized carbons (Fsp3) is 0.217. The molecular weight excluding hydrogens is 413 g/mol. The molecule has 3 aromatic rings. The second-order valence-electron chi connectivity index (χ2n) is 7.75. The SMILES string of the molecule is CN(C)C=NC1=NCC[C@]2(O1)c1cc(-c3cccnc3F)ccc1Oc1ncc(O)cc12. The molecule has 32 heavy (non-hydrogen) atoms. The van der Waals surface area contributed by atoms with Crippen LogP contribution in [0.25, 0.3) is 11.1 Å². The van der Waals surface area contributed by atoms with E-state index in [0.717, 1.165) is 0 Å². The van der Waals surface area contributed by atoms with E-state index < -0.39 is 11.5 Å². The zero-order valence-corrected chi connectivity index (χ0v) is 17.5. The zero-order valence-electron chi connectivity index (χ0n) is 17.5. The number of fused-ring (bicyclic) bond motifs is 4. The Morgan fingerprint density at radius 1 is 1.19 bits per heavy atom. The number of pyridine rings is 2. The van der Waals surface area contributed by atoms with Gasteiger partial charge in [-0.25, -0.2) is 15.0 Å². The molecule has 162 valence electrons. The maximum absolute atomic E-state index is 14.4. The molecule has 0 amide bonds. The predicted molar refractivity (Wildman–Crippen MR) is 117 cm³/mol. The minimum absolute atomic E-state index is 0.0194. The molecule has 8 nitrogen and oxygen atoms in total. The average Bonchev–Trinajstić information content (AvgIpc) is 2.79. The Morgan fingerprint density at radius 2 is 2.06 bits per heavy atom. The Labute approximate surface area is 183 Å². The van der Waals surface area contributed by atoms with Gasteiger partial charge in [0.25, 0.3) is 0 Å². The van der Waals surface area contributed by atoms with Crippen LogP contribution in [0.4, 0.5) is 4.39 Å². The highest BCUT2D eigenvalue weighted by Crippen LogP contribution is 2.52. The van der Waals surface area contributed by atoms with Crippen LogP contribution >= 0.6 is 0 Å². The highest BCUT2D eigenvalue weighted by Gasteiger charge is 2.48. The Bertz CT molecular complexity index is 1260. The van der Waals surface area contributed by atoms with Crippen molar-refractivity contribution in [3.63, 3.8) is 0 Å². The van der Waals surface area contributed by atoms with Crippen LogP contribution in [0.3, 0.4) is 0 Å². The van der Waals surface area contributed by atoms with E-state index in [2.05, 4.69) is 20.0 Å². The lowest BCUT2D eigenvalue weighted by atomic mass is 9.80. The molecule has 0 bridgehead atoms. The molecule has 0 saturated carbocycles. The second-order valence-corrected chi connectivity index (χ2v) is 7.75. The first-order valence-electron chi connectivity index (χ1n) is 10.0. The monoisotopic (exact) mass is 433 g/mol. The molecule has 4 heterocycles. The van der Waals surface area contributed by atoms with Gasteiger partial charge in [0.1, 0.15) is 11.5 Å². The van der Waals surface area contributed by atoms with Crippen LogP contribution in [-0.4, -0.2) is 53.0 Å². The molecule has 1 spiro atoms. The van der Waals surface area contributed by atoms with Gasteiger partial charge >= 0.3 is 6.02 Å². The van der Waals surface area contributed by atoms with Crippen molar-refractivity contribution in [1.29, 1.82) is 0 Å². The fourth-order valence-electron chi connectivity index (χ4n) is 3.92. The summed E-state index contributed by atoms with van der Waals surface area (Å²) in [7, 11) is 3.69. The molecule has 2 aliphatic rings. The van der Waals surface area contributed by atoms with E-state index in [1.54, 1.807) is 41.6 Å². The van der Waals surface area contributed by atoms with Gasteiger partial charge in [-0.15, -0.1) is 0 Å². The Morgan fingerprint density at radius 3 is 2.88 bits per heavy atom. The normalized spacial score (nSPS) is 19.0. The maximum Gasteiger partial charge on any atom is 0.314 e. The molecule has 2 aliphatic heterocycles. The molecule has 0 saturated heterocycles. The van der Waals surface area contributed by atoms with Crippen molar-refractivity contribution in [3.05, 3.63) is 65.9 Å². The number of halogens is 1. The number of aromatic nitrogens is 2. The van der Waals surface area contributed by atoms with E-state index >= 15 is 0 Å². The van der Waals surface area contributed by atoms with Gasteiger partial charge in [-0.05, 0) is 35.9 Å². The number of hydrogen-bond donors (Lipinski definition) is 1. The van der Waals surface area contributed by atoms with E-state index in [-0.39, 0.29) is 11.8 Å². The van der Waals surface area contributed by atoms with E-state index in [9.17, 15) is 9.50 Å². The lowest BCUT2D eigenvalue weighted by Crippen LogP contribution is -2.40. The Kier molecular flexibility index (Phi) is 4.73. The smallest absolute Gasteiger partial charge is 0.314 e. The summed E-state index contributed by atoms with van der Waals surface area (Å²) >= 11 is 0. The molecular formula is C23H20FN5O3. The maximum atomic E-state index is 14.4. The van der Waals surface area contributed by atoms with Crippen LogP contribution in [0.15, 0.2) is 58.8 Å². The minimum Gasteiger partial charge on any atom is -0.506 e. The van der Waals surface area contributed by atoms with Gasteiger partial charge in [0.05, 0.1) is 18.1 Å². The van der Waals surface area contributed by atoms with Crippen LogP contribution in [0, 0.1) is 5.95 Å². The van der Waals surface area contributed by atoms with Crippen molar-refractivity contribution >= 4 is 12.4 Å². The first kappa shape index (κ1) is 19.9. The van der Waals surface area contributed by atoms with Crippen molar-refractivity contribution in [2.45, 2.75) is 12.0 Å². The first-order chi connectivity index (χ1) is 15.5. The third-order valence-electron chi connectivity index (χ3n) is 5.34. The van der Waals surface area contributed by atoms with Crippen molar-refractivity contribution in [2.24, 2.45) is 9.98 Å². The summed E-state index contributed by atoms with van der Waals surface area (Å²) in [5.74, 6) is 0.268. The topological polar surface area (TPSA) is 92.4 Å². The van der Waals surface area contributed by atoms with Gasteiger partial charge in [-0.3, -0.25) is 0 Å². The molecule has 0 aliphatic carbocycles. The van der Waals surface area contributed by atoms with Crippen molar-refractivity contribution < 1.29 is 19.0 Å². The van der Waals surface area contributed by atoms with Crippen LogP contribution in [0.5, 0.6) is 17.4 Å². The predicted octanol–water partition coefficient (Wildman–Crippen LogP) is 3.70. The summed E-state index contributed by atoms with van der Waals surface area (Å²) in [5.41, 5.74) is 1.15. The molecule has 9 heteroatoms. The summed E-state index contributed by atoms with van der Waals surface area (Å²) in [6.45, 7) is 0.431. The third kappa shape index (κ3) is 3.31. The Hall–Kier alpha value is -4.01. The number of rotatable bonds is 2. The second kappa shape index (κ2) is 7.60. The quantitative estimate of drug-likeness (QED) is 0.376. The molecule has 5 rings (SSSR count). The van der Waals surface area contributed by atoms with Crippen LogP contribution < -0.4 is 4.74 Å². The highest BCUT2D eigenvalue weighted by molar-refractivity contribution is 5.84. The van der Waals surface area contributed by atoms with Gasteiger partial charge in [-0.1, -0.05) is 6.07 Å². The van der Waals surface area contributed by atoms with Crippen LogP contribution in [0.2, 0.25) is 0 Å². The van der Waals surface area contributed by atoms with E-state index in [1.807, 2.05) is 20.2 Å². The molecule has 2 aromatic heterocycles. The summed E-state index contributed by atoms with van der Waals surface area (Å²) in [4.78, 5) is 18.5. The standard InChI is InChI=1S/C23H20FN5O3/c1-29(2)13-28-22-26-9-7-23(32-22)17-10-14(16-4-3-8-25-20(16)24)5-6-19(17)31-21-18(23)11-15(30)12-27-21/h3-6,8,10-13,30H,7,9H2,1-2H3/t23-/m0/s1. The summed E-state index contributed by atoms with van der Waals surface area (Å²) in [5, 5.41) is 10.2. The Balaban J connectivity index is 1.69. The van der Waals surface area contributed by atoms with Crippen molar-refractivity contribution in [2.75, 3.05) is 20.6 Å². The fourth-order valence-corrected chi connectivity index (χ4v) is 3.92. The van der Waals surface area contributed by atoms with E-state index in [1.165, 1.54) is 12.4 Å². The lowest BCUT2D eigenvalue weighted by Gasteiger charge is -2.40. The number of hydrogen-bond acceptors (Lipinski definition) is 7. The van der Waals surface area contributed by atoms with Gasteiger partial charge in [0.2, 0.25) is 11.8 Å². The van der Waals surface area contributed by atoms with Gasteiger partial charge in [0, 0.05) is 44.4 Å². The first-order valence-corrected chi connectivity index (χ1v) is 10.0. The lowest BCUT2D eigenvalue weighted by molar-refractivity contribution is 0.0625. The largest absolute Gasteiger partial charge is 0.506 e. The van der Waals surface area contributed by atoms with Crippen molar-refractivity contribution in [3.8, 4) is 28.5 Å². The summed E-state index contributed by atoms with van der Waals surface area (Å²) in [6, 6.07) is 10.5. The van der Waals surface area contributed by atoms with Gasteiger partial charge < -0.3 is 19.5 Å². The molecule has 0 fully saturated rings. The number of aromatic hydroxyl groups is 1. The number of nitrogens with zero attached hydrogens (tertiary/aromatic N) is 5. The summed E-state index contributed by atoms with van der Waals surface area (Å²) in [6.07, 6.45) is 4.78. The third-order valence-corrected chi connectivity index (χ3v) is 5.34. The van der Waals surface area contributed by atoms with Gasteiger partial charge in [-0.2, -0.15) is 9.38 Å². The van der Waals surface area contributed by atoms with Crippen LogP contribution in [-0.2, 0) is 10.3 Å². The van der Waals surface area contributed by atoms with E-state index in [4.69, 9.17) is 9.47 Å². The van der Waals surface area contributed by atoms with Crippen molar-refractivity contribution in [1.82, 2.24) is 14.9 Å². The molecule has 1 aromatic carbocycles. The van der Waals surface area contributed by atoms with E-state index in [0.29, 0.717) is 46.8 Å². The number of ether oxygens (including phenoxy) is 2. The molecule has 0 radical (unpaired) electrons. The molecule has 0 unspecified atom stereocenters. The van der Waals surface area contributed by atoms with Gasteiger partial charge in [0.15, 0.2) is 5.60 Å². The van der Waals surface area contributed by atoms with Crippen LogP contribution in [0.1, 0.15) is 17.5 Å².